The number of aromatic nitrogens is 2. The lowest BCUT2D eigenvalue weighted by Gasteiger charge is -2.37. The lowest BCUT2D eigenvalue weighted by molar-refractivity contribution is -0.137. The summed E-state index contributed by atoms with van der Waals surface area (Å²) < 4.78 is 0. The smallest absolute Gasteiger partial charge is 0.225 e. The molecule has 1 aliphatic carbocycles. The highest BCUT2D eigenvalue weighted by Gasteiger charge is 2.31. The maximum Gasteiger partial charge on any atom is 0.225 e. The van der Waals surface area contributed by atoms with Crippen LogP contribution in [-0.2, 0) is 4.79 Å². The largest absolute Gasteiger partial charge is 0.343 e. The van der Waals surface area contributed by atoms with Gasteiger partial charge in [-0.05, 0) is 38.2 Å². The summed E-state index contributed by atoms with van der Waals surface area (Å²) >= 11 is 0. The third-order valence-electron chi connectivity index (χ3n) is 6.59. The van der Waals surface area contributed by atoms with E-state index in [9.17, 15) is 4.79 Å². The summed E-state index contributed by atoms with van der Waals surface area (Å²) in [6, 6.07) is 8.84. The van der Waals surface area contributed by atoms with Gasteiger partial charge >= 0.3 is 0 Å². The molecule has 1 amide bonds. The number of rotatable bonds is 4. The van der Waals surface area contributed by atoms with Gasteiger partial charge in [-0.15, -0.1) is 0 Å². The number of piperidine rings is 1. The Labute approximate surface area is 174 Å². The lowest BCUT2D eigenvalue weighted by atomic mass is 9.91. The second-order valence-corrected chi connectivity index (χ2v) is 8.64. The van der Waals surface area contributed by atoms with E-state index in [1.165, 1.54) is 37.7 Å². The molecule has 0 unspecified atom stereocenters. The Bertz CT molecular complexity index is 821. The molecule has 0 N–H and O–H groups in total. The molecule has 0 radical (unpaired) electrons. The van der Waals surface area contributed by atoms with Crippen molar-refractivity contribution in [1.29, 1.82) is 0 Å². The zero-order valence-electron chi connectivity index (χ0n) is 17.7. The van der Waals surface area contributed by atoms with Gasteiger partial charge in [0.25, 0.3) is 0 Å². The third-order valence-corrected chi connectivity index (χ3v) is 6.59. The molecular weight excluding hydrogens is 360 g/mol. The molecule has 5 nitrogen and oxygen atoms in total. The predicted molar refractivity (Wildman–Crippen MR) is 117 cm³/mol. The Morgan fingerprint density at radius 1 is 1.00 bits per heavy atom. The molecule has 0 atom stereocenters. The highest BCUT2D eigenvalue weighted by Crippen LogP contribution is 2.27. The number of carbonyl (C=O) groups is 1. The zero-order chi connectivity index (χ0) is 20.2. The Balaban J connectivity index is 1.34. The van der Waals surface area contributed by atoms with Gasteiger partial charge in [0.15, 0.2) is 0 Å². The number of hydrogen-bond acceptors (Lipinski definition) is 4. The first-order valence-electron chi connectivity index (χ1n) is 11.0. The van der Waals surface area contributed by atoms with Crippen LogP contribution in [0.25, 0.3) is 11.1 Å². The van der Waals surface area contributed by atoms with E-state index in [1.807, 2.05) is 24.3 Å². The lowest BCUT2D eigenvalue weighted by Crippen LogP contribution is -2.45. The van der Waals surface area contributed by atoms with E-state index in [4.69, 9.17) is 0 Å². The van der Waals surface area contributed by atoms with Crippen LogP contribution >= 0.6 is 0 Å². The molecule has 1 saturated carbocycles. The monoisotopic (exact) mass is 392 g/mol. The average Bonchev–Trinajstić information content (AvgIpc) is 2.79. The first-order chi connectivity index (χ1) is 14.1. The van der Waals surface area contributed by atoms with Crippen molar-refractivity contribution in [2.24, 2.45) is 5.92 Å². The van der Waals surface area contributed by atoms with Crippen LogP contribution in [0.2, 0.25) is 0 Å². The molecule has 154 valence electrons. The Hall–Kier alpha value is -2.43. The molecule has 1 aromatic carbocycles. The minimum Gasteiger partial charge on any atom is -0.343 e. The van der Waals surface area contributed by atoms with Gasteiger partial charge in [-0.1, -0.05) is 49.1 Å². The van der Waals surface area contributed by atoms with Crippen LogP contribution in [0.1, 0.15) is 50.5 Å². The number of benzene rings is 1. The van der Waals surface area contributed by atoms with Gasteiger partial charge in [-0.3, -0.25) is 4.79 Å². The molecule has 0 spiro atoms. The molecule has 5 heteroatoms. The van der Waals surface area contributed by atoms with Crippen LogP contribution in [-0.4, -0.2) is 47.0 Å². The van der Waals surface area contributed by atoms with Gasteiger partial charge in [-0.25, -0.2) is 9.97 Å². The average molecular weight is 393 g/mol. The second kappa shape index (κ2) is 8.93. The minimum atomic E-state index is 0.143. The van der Waals surface area contributed by atoms with E-state index in [2.05, 4.69) is 46.1 Å². The molecule has 2 fully saturated rings. The Kier molecular flexibility index (Phi) is 6.12. The van der Waals surface area contributed by atoms with Crippen molar-refractivity contribution in [2.45, 2.75) is 57.9 Å². The van der Waals surface area contributed by atoms with Crippen molar-refractivity contribution in [2.75, 3.05) is 25.0 Å². The summed E-state index contributed by atoms with van der Waals surface area (Å²) in [6.45, 7) is 3.78. The van der Waals surface area contributed by atoms with Crippen LogP contribution in [0.4, 0.5) is 5.95 Å². The summed E-state index contributed by atoms with van der Waals surface area (Å²) in [5, 5.41) is 0. The van der Waals surface area contributed by atoms with Crippen molar-refractivity contribution in [3.05, 3.63) is 42.2 Å². The highest BCUT2D eigenvalue weighted by molar-refractivity contribution is 5.79. The molecule has 0 bridgehead atoms. The maximum atomic E-state index is 12.9. The number of carbonyl (C=O) groups excluding carboxylic acids is 1. The molecule has 1 aromatic heterocycles. The van der Waals surface area contributed by atoms with Crippen molar-refractivity contribution < 1.29 is 4.79 Å². The minimum absolute atomic E-state index is 0.143. The van der Waals surface area contributed by atoms with Crippen molar-refractivity contribution in [3.8, 4) is 11.1 Å². The van der Waals surface area contributed by atoms with Gasteiger partial charge in [0, 0.05) is 50.1 Å². The quantitative estimate of drug-likeness (QED) is 0.771. The summed E-state index contributed by atoms with van der Waals surface area (Å²) in [5.74, 6) is 1.25. The summed E-state index contributed by atoms with van der Waals surface area (Å²) in [7, 11) is 2.01. The molecule has 2 aromatic rings. The first-order valence-corrected chi connectivity index (χ1v) is 11.0. The number of hydrogen-bond donors (Lipinski definition) is 0. The van der Waals surface area contributed by atoms with Crippen LogP contribution in [0.15, 0.2) is 36.7 Å². The number of anilines is 1. The van der Waals surface area contributed by atoms with E-state index in [0.717, 1.165) is 43.0 Å². The normalized spacial score (nSPS) is 18.6. The predicted octanol–water partition coefficient (Wildman–Crippen LogP) is 4.46. The number of aryl methyl sites for hydroxylation is 1. The Morgan fingerprint density at radius 3 is 2.34 bits per heavy atom. The molecule has 2 aliphatic rings. The van der Waals surface area contributed by atoms with Gasteiger partial charge in [-0.2, -0.15) is 0 Å². The van der Waals surface area contributed by atoms with Crippen LogP contribution in [0.3, 0.4) is 0 Å². The van der Waals surface area contributed by atoms with Crippen LogP contribution in [0, 0.1) is 12.8 Å². The van der Waals surface area contributed by atoms with Gasteiger partial charge in [0.1, 0.15) is 0 Å². The van der Waals surface area contributed by atoms with E-state index in [-0.39, 0.29) is 5.92 Å². The van der Waals surface area contributed by atoms with E-state index in [1.54, 1.807) is 0 Å². The topological polar surface area (TPSA) is 49.3 Å². The van der Waals surface area contributed by atoms with Gasteiger partial charge in [0.05, 0.1) is 0 Å². The number of nitrogens with zero attached hydrogens (tertiary/aromatic N) is 4. The molecule has 1 aliphatic heterocycles. The molecule has 2 heterocycles. The molecule has 1 saturated heterocycles. The van der Waals surface area contributed by atoms with Crippen LogP contribution in [0.5, 0.6) is 0 Å². The van der Waals surface area contributed by atoms with Gasteiger partial charge in [0.2, 0.25) is 11.9 Å². The van der Waals surface area contributed by atoms with Crippen molar-refractivity contribution in [1.82, 2.24) is 14.9 Å². The van der Waals surface area contributed by atoms with E-state index < -0.39 is 0 Å². The second-order valence-electron chi connectivity index (χ2n) is 8.64. The maximum absolute atomic E-state index is 12.9. The fourth-order valence-electron chi connectivity index (χ4n) is 4.72. The number of amides is 1. The van der Waals surface area contributed by atoms with Gasteiger partial charge < -0.3 is 9.80 Å². The molecular formula is C24H32N4O. The SMILES string of the molecule is Cc1cccc(-c2cnc(N3CCC(C(=O)N(C)C4CCCCC4)CC3)nc2)c1. The summed E-state index contributed by atoms with van der Waals surface area (Å²) in [5.41, 5.74) is 3.42. The third kappa shape index (κ3) is 4.60. The fourth-order valence-corrected chi connectivity index (χ4v) is 4.72. The standard InChI is InChI=1S/C24H32N4O/c1-18-7-6-8-20(15-18)21-16-25-24(26-17-21)28-13-11-19(12-14-28)23(29)27(2)22-9-4-3-5-10-22/h6-8,15-17,19,22H,3-5,9-14H2,1-2H3. The fraction of sp³-hybridized carbons (Fsp3) is 0.542. The Morgan fingerprint density at radius 2 is 1.69 bits per heavy atom. The van der Waals surface area contributed by atoms with Crippen molar-refractivity contribution in [3.63, 3.8) is 0 Å². The van der Waals surface area contributed by atoms with E-state index in [0.29, 0.717) is 11.9 Å². The molecule has 4 rings (SSSR count). The van der Waals surface area contributed by atoms with Crippen LogP contribution < -0.4 is 4.90 Å². The van der Waals surface area contributed by atoms with Crippen molar-refractivity contribution >= 4 is 11.9 Å². The first kappa shape index (κ1) is 19.9. The summed E-state index contributed by atoms with van der Waals surface area (Å²) in [4.78, 5) is 26.4. The van der Waals surface area contributed by atoms with E-state index >= 15 is 0 Å². The summed E-state index contributed by atoms with van der Waals surface area (Å²) in [6.07, 6.45) is 11.8. The molecule has 29 heavy (non-hydrogen) atoms. The highest BCUT2D eigenvalue weighted by atomic mass is 16.2. The zero-order valence-corrected chi connectivity index (χ0v) is 17.7.